The summed E-state index contributed by atoms with van der Waals surface area (Å²) in [5, 5.41) is 5.61. The van der Waals surface area contributed by atoms with Crippen molar-refractivity contribution in [1.29, 1.82) is 0 Å². The van der Waals surface area contributed by atoms with Gasteiger partial charge in [0.1, 0.15) is 5.75 Å². The molecule has 0 heterocycles. The number of hydrogen-bond acceptors (Lipinski definition) is 3. The quantitative estimate of drug-likeness (QED) is 0.802. The van der Waals surface area contributed by atoms with Gasteiger partial charge in [-0.05, 0) is 23.9 Å². The molecule has 0 saturated carbocycles. The van der Waals surface area contributed by atoms with Crippen LogP contribution >= 0.6 is 0 Å². The largest absolute Gasteiger partial charge is 0.467 e. The smallest absolute Gasteiger partial charge is 0.188 e. The van der Waals surface area contributed by atoms with E-state index in [4.69, 9.17) is 9.47 Å². The number of rotatable bonds is 5. The molecule has 1 N–H and O–H groups in total. The first-order chi connectivity index (χ1) is 8.36. The third kappa shape index (κ3) is 2.57. The van der Waals surface area contributed by atoms with E-state index >= 15 is 0 Å². The third-order valence-electron chi connectivity index (χ3n) is 2.68. The van der Waals surface area contributed by atoms with Crippen LogP contribution in [0.3, 0.4) is 0 Å². The Hall–Kier alpha value is -1.58. The summed E-state index contributed by atoms with van der Waals surface area (Å²) in [7, 11) is 3.56. The van der Waals surface area contributed by atoms with E-state index in [9.17, 15) is 0 Å². The fraction of sp³-hybridized carbons (Fsp3) is 0.286. The zero-order valence-corrected chi connectivity index (χ0v) is 10.2. The molecule has 0 unspecified atom stereocenters. The van der Waals surface area contributed by atoms with Crippen molar-refractivity contribution in [3.8, 4) is 5.75 Å². The van der Waals surface area contributed by atoms with Gasteiger partial charge in [-0.1, -0.05) is 30.3 Å². The standard InChI is InChI=1S/C14H17NO2/c1-15-9-13-12-6-4-3-5-11(12)7-8-14(13)17-10-16-2/h3-8,15H,9-10H2,1-2H3. The highest BCUT2D eigenvalue weighted by atomic mass is 16.7. The van der Waals surface area contributed by atoms with Gasteiger partial charge in [0.05, 0.1) is 0 Å². The van der Waals surface area contributed by atoms with Crippen LogP contribution in [-0.4, -0.2) is 21.0 Å². The fourth-order valence-electron chi connectivity index (χ4n) is 1.93. The van der Waals surface area contributed by atoms with Gasteiger partial charge in [0.15, 0.2) is 6.79 Å². The maximum absolute atomic E-state index is 5.58. The highest BCUT2D eigenvalue weighted by Gasteiger charge is 2.07. The Morgan fingerprint density at radius 2 is 1.94 bits per heavy atom. The monoisotopic (exact) mass is 231 g/mol. The summed E-state index contributed by atoms with van der Waals surface area (Å²) in [5.41, 5.74) is 1.17. The minimum atomic E-state index is 0.273. The molecule has 90 valence electrons. The summed E-state index contributed by atoms with van der Waals surface area (Å²) in [6.45, 7) is 1.05. The molecular weight excluding hydrogens is 214 g/mol. The number of nitrogens with one attached hydrogen (secondary N) is 1. The molecule has 0 aliphatic rings. The highest BCUT2D eigenvalue weighted by Crippen LogP contribution is 2.27. The number of hydrogen-bond donors (Lipinski definition) is 1. The molecule has 2 aromatic carbocycles. The van der Waals surface area contributed by atoms with Gasteiger partial charge in [0, 0.05) is 19.2 Å². The number of ether oxygens (including phenoxy) is 2. The van der Waals surface area contributed by atoms with Crippen LogP contribution in [0.1, 0.15) is 5.56 Å². The van der Waals surface area contributed by atoms with E-state index in [1.165, 1.54) is 16.3 Å². The van der Waals surface area contributed by atoms with Crippen molar-refractivity contribution >= 4 is 10.8 Å². The Balaban J connectivity index is 2.47. The normalized spacial score (nSPS) is 10.7. The Morgan fingerprint density at radius 3 is 2.71 bits per heavy atom. The first kappa shape index (κ1) is 11.9. The van der Waals surface area contributed by atoms with Crippen molar-refractivity contribution in [2.24, 2.45) is 0 Å². The lowest BCUT2D eigenvalue weighted by Gasteiger charge is -2.13. The van der Waals surface area contributed by atoms with E-state index in [0.717, 1.165) is 12.3 Å². The average molecular weight is 231 g/mol. The van der Waals surface area contributed by atoms with E-state index in [0.29, 0.717) is 0 Å². The summed E-state index contributed by atoms with van der Waals surface area (Å²) < 4.78 is 10.5. The molecule has 0 atom stereocenters. The van der Waals surface area contributed by atoms with Crippen LogP contribution in [0.4, 0.5) is 0 Å². The number of benzene rings is 2. The number of fused-ring (bicyclic) bond motifs is 1. The summed E-state index contributed by atoms with van der Waals surface area (Å²) in [5.74, 6) is 0.875. The predicted molar refractivity (Wildman–Crippen MR) is 69.2 cm³/mol. The van der Waals surface area contributed by atoms with E-state index in [1.807, 2.05) is 25.2 Å². The van der Waals surface area contributed by atoms with Crippen molar-refractivity contribution in [3.05, 3.63) is 42.0 Å². The summed E-state index contributed by atoms with van der Waals surface area (Å²) in [6.07, 6.45) is 0. The zero-order chi connectivity index (χ0) is 12.1. The third-order valence-corrected chi connectivity index (χ3v) is 2.68. The van der Waals surface area contributed by atoms with Crippen LogP contribution in [-0.2, 0) is 11.3 Å². The molecule has 2 rings (SSSR count). The van der Waals surface area contributed by atoms with Gasteiger partial charge in [0.25, 0.3) is 0 Å². The average Bonchev–Trinajstić information content (AvgIpc) is 2.38. The molecule has 0 fully saturated rings. The lowest BCUT2D eigenvalue weighted by Crippen LogP contribution is -2.09. The zero-order valence-electron chi connectivity index (χ0n) is 10.2. The first-order valence-corrected chi connectivity index (χ1v) is 5.63. The molecule has 0 bridgehead atoms. The molecule has 3 nitrogen and oxygen atoms in total. The highest BCUT2D eigenvalue weighted by molar-refractivity contribution is 5.87. The Bertz CT molecular complexity index is 497. The summed E-state index contributed by atoms with van der Waals surface area (Å²) >= 11 is 0. The molecule has 0 spiro atoms. The second-order valence-electron chi connectivity index (χ2n) is 3.84. The van der Waals surface area contributed by atoms with Crippen molar-refractivity contribution in [1.82, 2.24) is 5.32 Å². The van der Waals surface area contributed by atoms with Crippen LogP contribution < -0.4 is 10.1 Å². The van der Waals surface area contributed by atoms with Crippen molar-refractivity contribution in [3.63, 3.8) is 0 Å². The van der Waals surface area contributed by atoms with E-state index < -0.39 is 0 Å². The lowest BCUT2D eigenvalue weighted by atomic mass is 10.0. The van der Waals surface area contributed by atoms with Crippen molar-refractivity contribution in [2.75, 3.05) is 21.0 Å². The van der Waals surface area contributed by atoms with E-state index in [-0.39, 0.29) is 6.79 Å². The van der Waals surface area contributed by atoms with Crippen LogP contribution in [0, 0.1) is 0 Å². The van der Waals surface area contributed by atoms with E-state index in [1.54, 1.807) is 7.11 Å². The minimum absolute atomic E-state index is 0.273. The Morgan fingerprint density at radius 1 is 1.12 bits per heavy atom. The molecule has 0 amide bonds. The Labute approximate surface area is 101 Å². The molecule has 0 radical (unpaired) electrons. The van der Waals surface area contributed by atoms with Gasteiger partial charge < -0.3 is 14.8 Å². The van der Waals surface area contributed by atoms with Crippen LogP contribution in [0.5, 0.6) is 5.75 Å². The van der Waals surface area contributed by atoms with Crippen LogP contribution in [0.25, 0.3) is 10.8 Å². The van der Waals surface area contributed by atoms with E-state index in [2.05, 4.69) is 23.5 Å². The fourth-order valence-corrected chi connectivity index (χ4v) is 1.93. The van der Waals surface area contributed by atoms with Gasteiger partial charge in [-0.2, -0.15) is 0 Å². The maximum atomic E-state index is 5.58. The van der Waals surface area contributed by atoms with Gasteiger partial charge in [-0.15, -0.1) is 0 Å². The number of methoxy groups -OCH3 is 1. The lowest BCUT2D eigenvalue weighted by molar-refractivity contribution is 0.0505. The molecule has 0 saturated heterocycles. The van der Waals surface area contributed by atoms with Crippen LogP contribution in [0.2, 0.25) is 0 Å². The van der Waals surface area contributed by atoms with Crippen molar-refractivity contribution < 1.29 is 9.47 Å². The maximum Gasteiger partial charge on any atom is 0.188 e. The molecule has 0 aliphatic heterocycles. The van der Waals surface area contributed by atoms with Gasteiger partial charge in [0.2, 0.25) is 0 Å². The SMILES string of the molecule is CNCc1c(OCOC)ccc2ccccc12. The van der Waals surface area contributed by atoms with Crippen molar-refractivity contribution in [2.45, 2.75) is 6.54 Å². The molecule has 17 heavy (non-hydrogen) atoms. The first-order valence-electron chi connectivity index (χ1n) is 5.63. The van der Waals surface area contributed by atoms with Gasteiger partial charge >= 0.3 is 0 Å². The molecular formula is C14H17NO2. The van der Waals surface area contributed by atoms with Gasteiger partial charge in [-0.25, -0.2) is 0 Å². The molecule has 3 heteroatoms. The topological polar surface area (TPSA) is 30.5 Å². The molecule has 0 aromatic heterocycles. The Kier molecular flexibility index (Phi) is 3.96. The second kappa shape index (κ2) is 5.66. The summed E-state index contributed by atoms with van der Waals surface area (Å²) in [6, 6.07) is 12.4. The summed E-state index contributed by atoms with van der Waals surface area (Å²) in [4.78, 5) is 0. The molecule has 2 aromatic rings. The van der Waals surface area contributed by atoms with Crippen LogP contribution in [0.15, 0.2) is 36.4 Å². The minimum Gasteiger partial charge on any atom is -0.467 e. The molecule has 0 aliphatic carbocycles. The predicted octanol–water partition coefficient (Wildman–Crippen LogP) is 2.54. The van der Waals surface area contributed by atoms with Gasteiger partial charge in [-0.3, -0.25) is 0 Å². The second-order valence-corrected chi connectivity index (χ2v) is 3.84.